The summed E-state index contributed by atoms with van der Waals surface area (Å²) in [5, 5.41) is 0. The van der Waals surface area contributed by atoms with Crippen LogP contribution >= 0.6 is 0 Å². The highest BCUT2D eigenvalue weighted by Gasteiger charge is 2.72. The molecule has 2 aliphatic heterocycles. The van der Waals surface area contributed by atoms with E-state index in [1.165, 1.54) is 24.8 Å². The van der Waals surface area contributed by atoms with Gasteiger partial charge < -0.3 is 23.7 Å². The molecule has 0 aromatic rings. The highest BCUT2D eigenvalue weighted by molar-refractivity contribution is 5.82. The van der Waals surface area contributed by atoms with Gasteiger partial charge in [0.1, 0.15) is 23.4 Å². The second-order valence-electron chi connectivity index (χ2n) is 9.36. The number of carbonyl (C=O) groups excluding carboxylic acids is 2. The average molecular weight is 473 g/mol. The molecule has 6 atom stereocenters. The molecular weight excluding hydrogens is 436 g/mol. The highest BCUT2D eigenvalue weighted by Crippen LogP contribution is 2.59. The van der Waals surface area contributed by atoms with Crippen LogP contribution in [0.5, 0.6) is 0 Å². The Kier molecular flexibility index (Phi) is 8.68. The van der Waals surface area contributed by atoms with Gasteiger partial charge in [0.15, 0.2) is 0 Å². The average Bonchev–Trinajstić information content (AvgIpc) is 3.72. The van der Waals surface area contributed by atoms with Crippen LogP contribution in [0.4, 0.5) is 0 Å². The third kappa shape index (κ3) is 6.34. The molecule has 0 bridgehead atoms. The van der Waals surface area contributed by atoms with Gasteiger partial charge in [-0.1, -0.05) is 48.1 Å². The molecule has 1 saturated carbocycles. The quantitative estimate of drug-likeness (QED) is 0.156. The van der Waals surface area contributed by atoms with Crippen LogP contribution in [-0.4, -0.2) is 62.3 Å². The molecule has 1 spiro atoms. The summed E-state index contributed by atoms with van der Waals surface area (Å²) >= 11 is 0. The summed E-state index contributed by atoms with van der Waals surface area (Å²) in [4.78, 5) is 23.4. The second-order valence-corrected chi connectivity index (χ2v) is 9.36. The largest absolute Gasteiger partial charge is 0.466 e. The van der Waals surface area contributed by atoms with Crippen LogP contribution in [0.3, 0.4) is 0 Å². The molecule has 186 valence electrons. The normalized spacial score (nSPS) is 34.9. The number of ether oxygens (including phenoxy) is 5. The summed E-state index contributed by atoms with van der Waals surface area (Å²) in [6.07, 6.45) is 16.8. The maximum atomic E-state index is 12.5. The van der Waals surface area contributed by atoms with Gasteiger partial charge in [0.05, 0.1) is 25.7 Å². The fourth-order valence-electron chi connectivity index (χ4n) is 4.85. The third-order valence-corrected chi connectivity index (χ3v) is 6.73. The molecule has 0 unspecified atom stereocenters. The lowest BCUT2D eigenvalue weighted by Gasteiger charge is -2.42. The Bertz CT molecular complexity index is 889. The maximum absolute atomic E-state index is 12.5. The monoisotopic (exact) mass is 472 g/mol. The van der Waals surface area contributed by atoms with Crippen LogP contribution in [0.15, 0.2) is 60.3 Å². The number of esters is 2. The van der Waals surface area contributed by atoms with Crippen LogP contribution in [0, 0.1) is 5.92 Å². The minimum absolute atomic E-state index is 0.000769. The number of rotatable bonds is 10. The lowest BCUT2D eigenvalue weighted by molar-refractivity contribution is -0.166. The lowest BCUT2D eigenvalue weighted by Crippen LogP contribution is -2.55. The van der Waals surface area contributed by atoms with E-state index in [9.17, 15) is 9.59 Å². The lowest BCUT2D eigenvalue weighted by atomic mass is 9.68. The van der Waals surface area contributed by atoms with Crippen LogP contribution in [0.2, 0.25) is 0 Å². The van der Waals surface area contributed by atoms with Gasteiger partial charge in [0.2, 0.25) is 0 Å². The molecule has 0 radical (unpaired) electrons. The highest BCUT2D eigenvalue weighted by atomic mass is 16.6. The summed E-state index contributed by atoms with van der Waals surface area (Å²) in [6, 6.07) is 0. The van der Waals surface area contributed by atoms with E-state index in [1.807, 2.05) is 0 Å². The van der Waals surface area contributed by atoms with E-state index in [4.69, 9.17) is 18.9 Å². The molecule has 7 nitrogen and oxygen atoms in total. The van der Waals surface area contributed by atoms with Gasteiger partial charge in [0, 0.05) is 19.3 Å². The fourth-order valence-corrected chi connectivity index (χ4v) is 4.85. The number of methoxy groups -OCH3 is 2. The van der Waals surface area contributed by atoms with Crippen LogP contribution in [0.1, 0.15) is 40.0 Å². The Morgan fingerprint density at radius 2 is 1.62 bits per heavy atom. The molecule has 0 aromatic carbocycles. The summed E-state index contributed by atoms with van der Waals surface area (Å²) in [6.45, 7) is 6.99. The maximum Gasteiger partial charge on any atom is 0.331 e. The van der Waals surface area contributed by atoms with Crippen molar-refractivity contribution in [1.82, 2.24) is 0 Å². The van der Waals surface area contributed by atoms with E-state index >= 15 is 0 Å². The Balaban J connectivity index is 1.57. The van der Waals surface area contributed by atoms with Gasteiger partial charge in [0.25, 0.3) is 0 Å². The summed E-state index contributed by atoms with van der Waals surface area (Å²) in [5.74, 6) is -0.833. The first-order valence-corrected chi connectivity index (χ1v) is 11.7. The predicted molar refractivity (Wildman–Crippen MR) is 128 cm³/mol. The fraction of sp³-hybridized carbons (Fsp3) is 0.556. The number of allylic oxidation sites excluding steroid dienone is 7. The number of epoxide rings is 2. The predicted octanol–water partition coefficient (Wildman–Crippen LogP) is 4.00. The van der Waals surface area contributed by atoms with E-state index in [0.29, 0.717) is 13.0 Å². The van der Waals surface area contributed by atoms with Crippen molar-refractivity contribution in [3.8, 4) is 0 Å². The zero-order chi connectivity index (χ0) is 24.8. The zero-order valence-corrected chi connectivity index (χ0v) is 20.7. The van der Waals surface area contributed by atoms with E-state index in [-0.39, 0.29) is 35.4 Å². The minimum Gasteiger partial charge on any atom is -0.466 e. The van der Waals surface area contributed by atoms with Crippen molar-refractivity contribution >= 4 is 11.9 Å². The Labute approximate surface area is 202 Å². The molecule has 0 amide bonds. The topological polar surface area (TPSA) is 86.9 Å². The molecule has 1 aliphatic carbocycles. The van der Waals surface area contributed by atoms with Crippen LogP contribution in [0.25, 0.3) is 0 Å². The number of carbonyl (C=O) groups is 2. The van der Waals surface area contributed by atoms with Crippen LogP contribution in [-0.2, 0) is 33.3 Å². The van der Waals surface area contributed by atoms with Gasteiger partial charge >= 0.3 is 11.9 Å². The van der Waals surface area contributed by atoms with Gasteiger partial charge in [-0.3, -0.25) is 0 Å². The molecule has 34 heavy (non-hydrogen) atoms. The van der Waals surface area contributed by atoms with E-state index in [1.54, 1.807) is 43.6 Å². The standard InChI is InChI=1S/C27H36O7/c1-19(2)14-15-21-26(3,34-21)25-24(31-5)20(16-17-27(25)18-32-27)33-23(29)13-11-9-7-6-8-10-12-22(28)30-4/h6-14,20-21,24-25H,15-18H2,1-5H3/b8-6+,9-7+,12-10+,13-11+/t20-,21+,24-,25-,26-,27+/m1/s1. The van der Waals surface area contributed by atoms with E-state index in [2.05, 4.69) is 31.6 Å². The van der Waals surface area contributed by atoms with E-state index in [0.717, 1.165) is 12.8 Å². The summed E-state index contributed by atoms with van der Waals surface area (Å²) in [7, 11) is 2.99. The molecule has 3 rings (SSSR count). The molecule has 7 heteroatoms. The number of hydrogen-bond acceptors (Lipinski definition) is 7. The van der Waals surface area contributed by atoms with Crippen LogP contribution < -0.4 is 0 Å². The van der Waals surface area contributed by atoms with Crippen molar-refractivity contribution in [1.29, 1.82) is 0 Å². The molecule has 0 N–H and O–H groups in total. The minimum atomic E-state index is -0.416. The number of hydrogen-bond donors (Lipinski definition) is 0. The molecule has 3 fully saturated rings. The molecule has 0 aromatic heterocycles. The molecule has 2 saturated heterocycles. The van der Waals surface area contributed by atoms with Gasteiger partial charge in [-0.2, -0.15) is 0 Å². The van der Waals surface area contributed by atoms with Crippen molar-refractivity contribution in [2.45, 2.75) is 69.5 Å². The first kappa shape index (κ1) is 26.1. The van der Waals surface area contributed by atoms with Crippen molar-refractivity contribution < 1.29 is 33.3 Å². The molecular formula is C27H36O7. The summed E-state index contributed by atoms with van der Waals surface area (Å²) in [5.41, 5.74) is 0.662. The van der Waals surface area contributed by atoms with Crippen molar-refractivity contribution in [2.24, 2.45) is 5.92 Å². The Hall–Kier alpha value is -2.48. The molecule has 3 aliphatic rings. The first-order valence-electron chi connectivity index (χ1n) is 11.7. The third-order valence-electron chi connectivity index (χ3n) is 6.73. The van der Waals surface area contributed by atoms with Crippen molar-refractivity contribution in [3.63, 3.8) is 0 Å². The van der Waals surface area contributed by atoms with Gasteiger partial charge in [-0.15, -0.1) is 0 Å². The zero-order valence-electron chi connectivity index (χ0n) is 20.7. The first-order chi connectivity index (χ1) is 16.3. The van der Waals surface area contributed by atoms with Crippen molar-refractivity contribution in [2.75, 3.05) is 20.8 Å². The van der Waals surface area contributed by atoms with Crippen molar-refractivity contribution in [3.05, 3.63) is 60.3 Å². The summed E-state index contributed by atoms with van der Waals surface area (Å²) < 4.78 is 28.3. The smallest absolute Gasteiger partial charge is 0.331 e. The van der Waals surface area contributed by atoms with Gasteiger partial charge in [-0.05, 0) is 40.0 Å². The Morgan fingerprint density at radius 3 is 2.18 bits per heavy atom. The van der Waals surface area contributed by atoms with Gasteiger partial charge in [-0.25, -0.2) is 9.59 Å². The molecule has 2 heterocycles. The van der Waals surface area contributed by atoms with E-state index < -0.39 is 11.9 Å². The Morgan fingerprint density at radius 1 is 1.00 bits per heavy atom. The second kappa shape index (κ2) is 11.3. The SMILES string of the molecule is COC(=O)/C=C/C=C/C=C/C=C/C(=O)O[C@@H]1CC[C@]2(CO2)[C@@H]([C@]2(C)O[C@H]2CC=C(C)C)[C@@H]1OC.